The van der Waals surface area contributed by atoms with E-state index in [0.29, 0.717) is 30.6 Å². The van der Waals surface area contributed by atoms with E-state index >= 15 is 0 Å². The Hall–Kier alpha value is -1.71. The van der Waals surface area contributed by atoms with Crippen LogP contribution in [0, 0.1) is 0 Å². The highest BCUT2D eigenvalue weighted by atomic mass is 16.5. The van der Waals surface area contributed by atoms with Gasteiger partial charge in [-0.15, -0.1) is 0 Å². The second-order valence-corrected chi connectivity index (χ2v) is 5.87. The Morgan fingerprint density at radius 2 is 1.67 bits per heavy atom. The van der Waals surface area contributed by atoms with Gasteiger partial charge in [0, 0.05) is 18.0 Å². The topological polar surface area (TPSA) is 47.6 Å². The van der Waals surface area contributed by atoms with Gasteiger partial charge in [-0.25, -0.2) is 0 Å². The minimum absolute atomic E-state index is 0.00227. The minimum Gasteiger partial charge on any atom is -0.490 e. The first kappa shape index (κ1) is 14.2. The summed E-state index contributed by atoms with van der Waals surface area (Å²) < 4.78 is 11.2. The Bertz CT molecular complexity index is 493. The van der Waals surface area contributed by atoms with E-state index in [1.807, 2.05) is 12.1 Å². The van der Waals surface area contributed by atoms with Crippen LogP contribution in [0.3, 0.4) is 0 Å². The molecule has 1 aliphatic heterocycles. The smallest absolute Gasteiger partial charge is 0.251 e. The molecule has 4 nitrogen and oxygen atoms in total. The van der Waals surface area contributed by atoms with Crippen molar-refractivity contribution >= 4 is 5.91 Å². The first-order valence-corrected chi connectivity index (χ1v) is 8.03. The Balaban J connectivity index is 1.68. The molecule has 114 valence electrons. The van der Waals surface area contributed by atoms with Crippen LogP contribution >= 0.6 is 0 Å². The Morgan fingerprint density at radius 3 is 2.43 bits per heavy atom. The van der Waals surface area contributed by atoms with Crippen LogP contribution in [0.4, 0.5) is 0 Å². The fourth-order valence-corrected chi connectivity index (χ4v) is 3.00. The summed E-state index contributed by atoms with van der Waals surface area (Å²) in [6, 6.07) is 5.77. The van der Waals surface area contributed by atoms with E-state index in [2.05, 4.69) is 5.32 Å². The highest BCUT2D eigenvalue weighted by Crippen LogP contribution is 2.30. The Labute approximate surface area is 125 Å². The van der Waals surface area contributed by atoms with Crippen molar-refractivity contribution in [1.82, 2.24) is 5.32 Å². The molecule has 0 unspecified atom stereocenters. The lowest BCUT2D eigenvalue weighted by Gasteiger charge is -2.17. The summed E-state index contributed by atoms with van der Waals surface area (Å²) in [5, 5.41) is 3.16. The highest BCUT2D eigenvalue weighted by molar-refractivity contribution is 5.95. The van der Waals surface area contributed by atoms with Gasteiger partial charge in [-0.05, 0) is 31.0 Å². The van der Waals surface area contributed by atoms with Gasteiger partial charge in [-0.1, -0.05) is 25.7 Å². The van der Waals surface area contributed by atoms with Crippen LogP contribution in [0.5, 0.6) is 11.5 Å². The van der Waals surface area contributed by atoms with Crippen LogP contribution in [0.25, 0.3) is 0 Å². The molecule has 4 heteroatoms. The number of ether oxygens (including phenoxy) is 2. The minimum atomic E-state index is -0.00227. The van der Waals surface area contributed by atoms with Crippen molar-refractivity contribution in [2.24, 2.45) is 0 Å². The van der Waals surface area contributed by atoms with E-state index < -0.39 is 0 Å². The Kier molecular flexibility index (Phi) is 4.63. The van der Waals surface area contributed by atoms with Gasteiger partial charge in [0.05, 0.1) is 13.2 Å². The van der Waals surface area contributed by atoms with Gasteiger partial charge < -0.3 is 14.8 Å². The number of benzene rings is 1. The summed E-state index contributed by atoms with van der Waals surface area (Å²) in [5.74, 6) is 1.41. The zero-order chi connectivity index (χ0) is 14.5. The van der Waals surface area contributed by atoms with E-state index in [1.165, 1.54) is 25.7 Å². The highest BCUT2D eigenvalue weighted by Gasteiger charge is 2.18. The lowest BCUT2D eigenvalue weighted by Crippen LogP contribution is -2.34. The SMILES string of the molecule is O=C(NC1CCCCCC1)c1ccc2c(c1)OCCCO2. The predicted molar refractivity (Wildman–Crippen MR) is 81.0 cm³/mol. The maximum Gasteiger partial charge on any atom is 0.251 e. The molecule has 1 aromatic rings. The molecule has 21 heavy (non-hydrogen) atoms. The molecule has 1 heterocycles. The third-order valence-electron chi connectivity index (χ3n) is 4.20. The number of amides is 1. The fourth-order valence-electron chi connectivity index (χ4n) is 3.00. The summed E-state index contributed by atoms with van der Waals surface area (Å²) in [4.78, 5) is 12.4. The summed E-state index contributed by atoms with van der Waals surface area (Å²) in [7, 11) is 0. The zero-order valence-corrected chi connectivity index (χ0v) is 12.4. The van der Waals surface area contributed by atoms with Crippen molar-refractivity contribution in [3.8, 4) is 11.5 Å². The fraction of sp³-hybridized carbons (Fsp3) is 0.588. The van der Waals surface area contributed by atoms with Crippen molar-refractivity contribution < 1.29 is 14.3 Å². The molecule has 0 radical (unpaired) electrons. The average Bonchev–Trinajstić information content (AvgIpc) is 2.88. The summed E-state index contributed by atoms with van der Waals surface area (Å²) in [5.41, 5.74) is 0.656. The number of hydrogen-bond donors (Lipinski definition) is 1. The number of nitrogens with one attached hydrogen (secondary N) is 1. The second-order valence-electron chi connectivity index (χ2n) is 5.87. The molecular weight excluding hydrogens is 266 g/mol. The molecule has 1 fully saturated rings. The van der Waals surface area contributed by atoms with Crippen LogP contribution in [0.2, 0.25) is 0 Å². The van der Waals surface area contributed by atoms with Crippen molar-refractivity contribution in [2.75, 3.05) is 13.2 Å². The molecule has 1 aliphatic carbocycles. The van der Waals surface area contributed by atoms with Gasteiger partial charge in [0.1, 0.15) is 0 Å². The van der Waals surface area contributed by atoms with E-state index in [4.69, 9.17) is 9.47 Å². The van der Waals surface area contributed by atoms with E-state index in [0.717, 1.165) is 25.0 Å². The summed E-state index contributed by atoms with van der Waals surface area (Å²) in [6.45, 7) is 1.31. The van der Waals surface area contributed by atoms with Gasteiger partial charge in [-0.2, -0.15) is 0 Å². The average molecular weight is 289 g/mol. The quantitative estimate of drug-likeness (QED) is 0.850. The van der Waals surface area contributed by atoms with E-state index in [-0.39, 0.29) is 5.91 Å². The monoisotopic (exact) mass is 289 g/mol. The van der Waals surface area contributed by atoms with Gasteiger partial charge in [-0.3, -0.25) is 4.79 Å². The molecule has 1 N–H and O–H groups in total. The summed E-state index contributed by atoms with van der Waals surface area (Å²) in [6.07, 6.45) is 8.07. The molecule has 3 rings (SSSR count). The van der Waals surface area contributed by atoms with Crippen molar-refractivity contribution in [3.63, 3.8) is 0 Å². The molecule has 0 spiro atoms. The summed E-state index contributed by atoms with van der Waals surface area (Å²) >= 11 is 0. The van der Waals surface area contributed by atoms with Gasteiger partial charge in [0.15, 0.2) is 11.5 Å². The van der Waals surface area contributed by atoms with Gasteiger partial charge >= 0.3 is 0 Å². The maximum atomic E-state index is 12.4. The lowest BCUT2D eigenvalue weighted by atomic mass is 10.1. The second kappa shape index (κ2) is 6.83. The first-order valence-electron chi connectivity index (χ1n) is 8.03. The van der Waals surface area contributed by atoms with Crippen LogP contribution in [-0.4, -0.2) is 25.2 Å². The molecule has 2 aliphatic rings. The molecule has 1 aromatic carbocycles. The number of fused-ring (bicyclic) bond motifs is 1. The Morgan fingerprint density at radius 1 is 0.952 bits per heavy atom. The molecule has 0 atom stereocenters. The number of rotatable bonds is 2. The van der Waals surface area contributed by atoms with Crippen molar-refractivity contribution in [1.29, 1.82) is 0 Å². The third kappa shape index (κ3) is 3.69. The molecule has 0 bridgehead atoms. The number of carbonyl (C=O) groups excluding carboxylic acids is 1. The van der Waals surface area contributed by atoms with E-state index in [9.17, 15) is 4.79 Å². The lowest BCUT2D eigenvalue weighted by molar-refractivity contribution is 0.0933. The largest absolute Gasteiger partial charge is 0.490 e. The third-order valence-corrected chi connectivity index (χ3v) is 4.20. The maximum absolute atomic E-state index is 12.4. The van der Waals surface area contributed by atoms with Crippen LogP contribution in [0.1, 0.15) is 55.3 Å². The molecule has 1 saturated carbocycles. The van der Waals surface area contributed by atoms with Gasteiger partial charge in [0.2, 0.25) is 0 Å². The van der Waals surface area contributed by atoms with Crippen LogP contribution in [0.15, 0.2) is 18.2 Å². The van der Waals surface area contributed by atoms with Crippen LogP contribution in [-0.2, 0) is 0 Å². The first-order chi connectivity index (χ1) is 10.3. The van der Waals surface area contributed by atoms with E-state index in [1.54, 1.807) is 6.07 Å². The molecule has 1 amide bonds. The zero-order valence-electron chi connectivity index (χ0n) is 12.4. The molecule has 0 saturated heterocycles. The molecular formula is C17H23NO3. The molecule has 0 aromatic heterocycles. The predicted octanol–water partition coefficient (Wildman–Crippen LogP) is 3.30. The van der Waals surface area contributed by atoms with Crippen LogP contribution < -0.4 is 14.8 Å². The standard InChI is InChI=1S/C17H23NO3/c19-17(18-14-6-3-1-2-4-7-14)13-8-9-15-16(12-13)21-11-5-10-20-15/h8-9,12,14H,1-7,10-11H2,(H,18,19). The normalized spacial score (nSPS) is 19.4. The van der Waals surface area contributed by atoms with Crippen molar-refractivity contribution in [2.45, 2.75) is 51.0 Å². The van der Waals surface area contributed by atoms with Gasteiger partial charge in [0.25, 0.3) is 5.91 Å². The van der Waals surface area contributed by atoms with Crippen molar-refractivity contribution in [3.05, 3.63) is 23.8 Å². The number of hydrogen-bond acceptors (Lipinski definition) is 3. The number of carbonyl (C=O) groups is 1.